The van der Waals surface area contributed by atoms with E-state index in [1.54, 1.807) is 0 Å². The summed E-state index contributed by atoms with van der Waals surface area (Å²) in [7, 11) is 0. The lowest BCUT2D eigenvalue weighted by molar-refractivity contribution is -0.515. The zero-order valence-electron chi connectivity index (χ0n) is 12.6. The minimum atomic E-state index is -7.91. The van der Waals surface area contributed by atoms with Gasteiger partial charge < -0.3 is 0 Å². The summed E-state index contributed by atoms with van der Waals surface area (Å²) in [5.41, 5.74) is -7.91. The zero-order valence-corrected chi connectivity index (χ0v) is 14.7. The highest BCUT2D eigenvalue weighted by molar-refractivity contribution is 14.1. The Hall–Kier alpha value is -1.03. The number of halogens is 15. The summed E-state index contributed by atoms with van der Waals surface area (Å²) in [4.78, 5) is 0. The van der Waals surface area contributed by atoms with Gasteiger partial charge in [0, 0.05) is 3.57 Å². The van der Waals surface area contributed by atoms with E-state index in [-0.39, 0.29) is 0 Å². The summed E-state index contributed by atoms with van der Waals surface area (Å²) in [5.74, 6) is -38.9. The van der Waals surface area contributed by atoms with Crippen LogP contribution in [0.3, 0.4) is 0 Å². The Kier molecular flexibility index (Phi) is 6.03. The van der Waals surface area contributed by atoms with Crippen LogP contribution in [-0.2, 0) is 0 Å². The summed E-state index contributed by atoms with van der Waals surface area (Å²) in [6.07, 6.45) is -7.70. The molecule has 0 aromatic heterocycles. The summed E-state index contributed by atoms with van der Waals surface area (Å²) >= 11 is 2.28. The monoisotopic (exact) mass is 554 g/mol. The Morgan fingerprint density at radius 3 is 1.04 bits per heavy atom. The molecule has 1 aliphatic rings. The third-order valence-electron chi connectivity index (χ3n) is 3.57. The maximum atomic E-state index is 13.1. The summed E-state index contributed by atoms with van der Waals surface area (Å²) in [6.45, 7) is 0. The number of hydrogen-bond donors (Lipinski definition) is 0. The molecule has 0 nitrogen and oxygen atoms in total. The maximum Gasteiger partial charge on any atom is 0.435 e. The van der Waals surface area contributed by atoms with Crippen molar-refractivity contribution >= 4 is 22.6 Å². The van der Waals surface area contributed by atoms with Gasteiger partial charge >= 0.3 is 41.5 Å². The van der Waals surface area contributed by atoms with Crippen molar-refractivity contribution in [1.29, 1.82) is 0 Å². The van der Waals surface area contributed by atoms with Gasteiger partial charge in [0.2, 0.25) is 0 Å². The van der Waals surface area contributed by atoms with Gasteiger partial charge in [0.05, 0.1) is 0 Å². The Morgan fingerprint density at radius 2 is 0.821 bits per heavy atom. The van der Waals surface area contributed by atoms with Crippen LogP contribution in [-0.4, -0.2) is 41.5 Å². The molecule has 15 heteroatoms. The predicted molar refractivity (Wildman–Crippen MR) is 73.8 cm³/mol. The Bertz CT molecular complexity index is 663. The van der Waals surface area contributed by atoms with Gasteiger partial charge in [-0.05, 0) is 34.7 Å². The molecule has 0 amide bonds. The van der Waals surface area contributed by atoms with Gasteiger partial charge in [0.1, 0.15) is 0 Å². The molecule has 2 rings (SSSR count). The van der Waals surface area contributed by atoms with Crippen LogP contribution >= 0.6 is 22.6 Å². The van der Waals surface area contributed by atoms with Gasteiger partial charge in [0.25, 0.3) is 0 Å². The van der Waals surface area contributed by atoms with Crippen LogP contribution in [0, 0.1) is 3.57 Å². The van der Waals surface area contributed by atoms with E-state index in [0.717, 1.165) is 0 Å². The third-order valence-corrected chi connectivity index (χ3v) is 4.29. The first kappa shape index (κ1) is 25.0. The Morgan fingerprint density at radius 1 is 0.536 bits per heavy atom. The fourth-order valence-electron chi connectivity index (χ4n) is 1.99. The van der Waals surface area contributed by atoms with Gasteiger partial charge in [-0.3, -0.25) is 0 Å². The number of hydrogen-bond acceptors (Lipinski definition) is 0. The van der Waals surface area contributed by atoms with E-state index in [2.05, 4.69) is 34.7 Å². The third kappa shape index (κ3) is 2.93. The molecule has 1 aliphatic carbocycles. The van der Waals surface area contributed by atoms with Crippen LogP contribution < -0.4 is 0 Å². The zero-order chi connectivity index (χ0) is 22.6. The minimum absolute atomic E-state index is 1.29. The highest BCUT2D eigenvalue weighted by Crippen LogP contribution is 2.72. The average molecular weight is 554 g/mol. The quantitative estimate of drug-likeness (QED) is 0.247. The Balaban J connectivity index is 0.000000467. The first-order valence-corrected chi connectivity index (χ1v) is 7.57. The summed E-state index contributed by atoms with van der Waals surface area (Å²) in [5, 5.41) is 0. The second-order valence-electron chi connectivity index (χ2n) is 5.32. The van der Waals surface area contributed by atoms with Crippen LogP contribution in [0.4, 0.5) is 61.5 Å². The van der Waals surface area contributed by atoms with Gasteiger partial charge in [-0.2, -0.15) is 57.1 Å². The Labute approximate surface area is 160 Å². The second kappa shape index (κ2) is 6.75. The van der Waals surface area contributed by atoms with Crippen molar-refractivity contribution in [2.45, 2.75) is 41.5 Å². The summed E-state index contributed by atoms with van der Waals surface area (Å²) < 4.78 is 177. The lowest BCUT2D eigenvalue weighted by Crippen LogP contribution is -2.86. The van der Waals surface area contributed by atoms with E-state index in [9.17, 15) is 61.5 Å². The van der Waals surface area contributed by atoms with Crippen LogP contribution in [0.15, 0.2) is 30.3 Å². The average Bonchev–Trinajstić information content (AvgIpc) is 2.52. The van der Waals surface area contributed by atoms with Crippen molar-refractivity contribution in [3.05, 3.63) is 33.9 Å². The lowest BCUT2D eigenvalue weighted by Gasteiger charge is -2.52. The van der Waals surface area contributed by atoms with E-state index in [1.807, 2.05) is 18.2 Å². The van der Waals surface area contributed by atoms with Crippen LogP contribution in [0.2, 0.25) is 0 Å². The topological polar surface area (TPSA) is 0 Å². The lowest BCUT2D eigenvalue weighted by atomic mass is 9.72. The first-order valence-electron chi connectivity index (χ1n) is 6.50. The van der Waals surface area contributed by atoms with Crippen molar-refractivity contribution in [2.75, 3.05) is 0 Å². The molecule has 0 bridgehead atoms. The van der Waals surface area contributed by atoms with E-state index in [1.165, 1.54) is 3.57 Å². The molecule has 0 spiro atoms. The number of alkyl halides is 14. The molecule has 0 saturated heterocycles. The fourth-order valence-corrected chi connectivity index (χ4v) is 2.41. The van der Waals surface area contributed by atoms with Crippen molar-refractivity contribution < 1.29 is 61.5 Å². The molecule has 0 aliphatic heterocycles. The highest BCUT2D eigenvalue weighted by atomic mass is 127. The first-order chi connectivity index (χ1) is 12.1. The van der Waals surface area contributed by atoms with Crippen LogP contribution in [0.25, 0.3) is 0 Å². The molecule has 1 aromatic carbocycles. The van der Waals surface area contributed by atoms with E-state index < -0.39 is 41.5 Å². The predicted octanol–water partition coefficient (Wildman–Crippen LogP) is 6.74. The molecule has 1 saturated carbocycles. The molecular formula is C13H5F14I. The molecule has 1 fully saturated rings. The molecule has 1 aromatic rings. The highest BCUT2D eigenvalue weighted by Gasteiger charge is 3.05. The van der Waals surface area contributed by atoms with Crippen molar-refractivity contribution in [3.63, 3.8) is 0 Å². The minimum Gasteiger partial charge on any atom is -0.219 e. The van der Waals surface area contributed by atoms with Crippen molar-refractivity contribution in [1.82, 2.24) is 0 Å². The molecular weight excluding hydrogens is 549 g/mol. The molecule has 0 radical (unpaired) electrons. The van der Waals surface area contributed by atoms with Gasteiger partial charge in [-0.25, -0.2) is 4.39 Å². The molecule has 0 unspecified atom stereocenters. The standard InChI is InChI=1S/C7F14.C6H5I/c8-1(7(19,20)21)2(9,10)4(13,14)6(17,18)5(15,16)3(1,11)12;7-6-4-2-1-3-5-6/h;1-5H. The van der Waals surface area contributed by atoms with E-state index in [0.29, 0.717) is 0 Å². The maximum absolute atomic E-state index is 13.1. The van der Waals surface area contributed by atoms with Gasteiger partial charge in [-0.15, -0.1) is 0 Å². The molecule has 0 heterocycles. The normalized spacial score (nSPS) is 26.0. The second-order valence-corrected chi connectivity index (χ2v) is 6.57. The summed E-state index contributed by atoms with van der Waals surface area (Å²) in [6, 6.07) is 10.2. The van der Waals surface area contributed by atoms with Crippen LogP contribution in [0.5, 0.6) is 0 Å². The fraction of sp³-hybridized carbons (Fsp3) is 0.538. The van der Waals surface area contributed by atoms with E-state index in [4.69, 9.17) is 0 Å². The van der Waals surface area contributed by atoms with E-state index >= 15 is 0 Å². The largest absolute Gasteiger partial charge is 0.435 e. The molecule has 28 heavy (non-hydrogen) atoms. The number of rotatable bonds is 0. The molecule has 162 valence electrons. The van der Waals surface area contributed by atoms with Crippen LogP contribution in [0.1, 0.15) is 0 Å². The van der Waals surface area contributed by atoms with Crippen molar-refractivity contribution in [2.24, 2.45) is 0 Å². The SMILES string of the molecule is FC(F)(F)C1(F)C(F)(F)C(F)(F)C(F)(F)C(F)(F)C1(F)F.Ic1ccccc1. The van der Waals surface area contributed by atoms with Gasteiger partial charge in [-0.1, -0.05) is 18.2 Å². The number of benzene rings is 1. The van der Waals surface area contributed by atoms with Crippen molar-refractivity contribution in [3.8, 4) is 0 Å². The molecule has 0 N–H and O–H groups in total. The smallest absolute Gasteiger partial charge is 0.219 e. The molecule has 0 atom stereocenters. The van der Waals surface area contributed by atoms with Gasteiger partial charge in [0.15, 0.2) is 0 Å².